The number of piperidine rings is 1. The van der Waals surface area contributed by atoms with E-state index in [-0.39, 0.29) is 29.1 Å². The van der Waals surface area contributed by atoms with Gasteiger partial charge in [-0.3, -0.25) is 9.78 Å². The minimum atomic E-state index is -4.66. The predicted octanol–water partition coefficient (Wildman–Crippen LogP) is 5.97. The second-order valence-electron chi connectivity index (χ2n) is 12.0. The maximum Gasteiger partial charge on any atom is 0.433 e. The van der Waals surface area contributed by atoms with Crippen LogP contribution in [0.15, 0.2) is 73.2 Å². The molecule has 0 aliphatic carbocycles. The number of amides is 1. The number of rotatable bonds is 6. The summed E-state index contributed by atoms with van der Waals surface area (Å²) in [6, 6.07) is 19.2. The molecule has 12 heteroatoms. The lowest BCUT2D eigenvalue weighted by Gasteiger charge is -2.42. The predicted molar refractivity (Wildman–Crippen MR) is 169 cm³/mol. The van der Waals surface area contributed by atoms with Gasteiger partial charge in [0.1, 0.15) is 29.1 Å². The zero-order valence-electron chi connectivity index (χ0n) is 26.2. The van der Waals surface area contributed by atoms with E-state index in [0.29, 0.717) is 53.5 Å². The number of hydrogen-bond acceptors (Lipinski definition) is 7. The number of aliphatic hydroxyl groups is 1. The quantitative estimate of drug-likeness (QED) is 0.240. The van der Waals surface area contributed by atoms with Crippen LogP contribution in [0.1, 0.15) is 64.5 Å². The molecule has 9 nitrogen and oxygen atoms in total. The van der Waals surface area contributed by atoms with Crippen LogP contribution in [0.5, 0.6) is 0 Å². The van der Waals surface area contributed by atoms with Crippen molar-refractivity contribution in [3.05, 3.63) is 118 Å². The number of halogens is 3. The molecular formula is C36H30F3N7O2. The van der Waals surface area contributed by atoms with E-state index in [2.05, 4.69) is 27.2 Å². The number of likely N-dealkylation sites (tertiary alicyclic amines) is 1. The smallest absolute Gasteiger partial charge is 0.380 e. The minimum absolute atomic E-state index is 0.101. The molecule has 1 aliphatic rings. The van der Waals surface area contributed by atoms with E-state index < -0.39 is 23.4 Å². The molecule has 3 aromatic heterocycles. The van der Waals surface area contributed by atoms with Gasteiger partial charge in [-0.25, -0.2) is 9.67 Å². The molecule has 1 N–H and O–H groups in total. The lowest BCUT2D eigenvalue weighted by atomic mass is 9.71. The fourth-order valence-corrected chi connectivity index (χ4v) is 6.62. The number of benzene rings is 2. The number of alkyl halides is 3. The molecule has 2 aromatic carbocycles. The maximum atomic E-state index is 13.4. The van der Waals surface area contributed by atoms with E-state index in [9.17, 15) is 33.6 Å². The van der Waals surface area contributed by atoms with E-state index in [1.54, 1.807) is 34.8 Å². The molecule has 0 spiro atoms. The Balaban J connectivity index is 1.49. The number of fused-ring (bicyclic) bond motifs is 1. The van der Waals surface area contributed by atoms with Gasteiger partial charge in [-0.1, -0.05) is 24.3 Å². The number of carbonyl (C=O) groups excluding carboxylic acids is 1. The van der Waals surface area contributed by atoms with Crippen LogP contribution >= 0.6 is 0 Å². The van der Waals surface area contributed by atoms with Gasteiger partial charge in [-0.05, 0) is 72.7 Å². The highest BCUT2D eigenvalue weighted by Crippen LogP contribution is 2.44. The second-order valence-corrected chi connectivity index (χ2v) is 12.0. The normalized spacial score (nSPS) is 15.1. The molecule has 1 atom stereocenters. The summed E-state index contributed by atoms with van der Waals surface area (Å²) < 4.78 is 42.0. The van der Waals surface area contributed by atoms with E-state index >= 15 is 0 Å². The van der Waals surface area contributed by atoms with Crippen molar-refractivity contribution < 1.29 is 23.1 Å². The first-order chi connectivity index (χ1) is 22.9. The zero-order chi connectivity index (χ0) is 34.2. The van der Waals surface area contributed by atoms with Gasteiger partial charge in [0.15, 0.2) is 0 Å². The molecule has 48 heavy (non-hydrogen) atoms. The summed E-state index contributed by atoms with van der Waals surface area (Å²) >= 11 is 0. The number of hydrogen-bond donors (Lipinski definition) is 1. The van der Waals surface area contributed by atoms with Gasteiger partial charge >= 0.3 is 6.18 Å². The summed E-state index contributed by atoms with van der Waals surface area (Å²) in [7, 11) is 0. The Morgan fingerprint density at radius 2 is 1.77 bits per heavy atom. The van der Waals surface area contributed by atoms with E-state index in [0.717, 1.165) is 23.5 Å². The minimum Gasteiger partial charge on any atom is -0.380 e. The zero-order valence-corrected chi connectivity index (χ0v) is 26.2. The number of aryl methyl sites for hydroxylation is 1. The standard InChI is InChI=1S/C36H30F3N7O2/c1-22-16-27(35(48,25-10-14-45(15-11-25)23(2)47)26-6-9-33(42-21-26)36(37,38)39)18-30-31(19-40)29(32(20-41)44-34(22)30)17-24-4-7-28(8-5-24)46-13-3-12-43-46/h3-9,12-13,16,18,21,25,48H,10-11,14-15,17H2,1-2H3. The monoisotopic (exact) mass is 649 g/mol. The Kier molecular flexibility index (Phi) is 8.46. The number of pyridine rings is 2. The van der Waals surface area contributed by atoms with Crippen molar-refractivity contribution in [1.82, 2.24) is 24.6 Å². The van der Waals surface area contributed by atoms with Gasteiger partial charge in [0, 0.05) is 61.5 Å². The molecule has 1 unspecified atom stereocenters. The fraction of sp³-hybridized carbons (Fsp3) is 0.278. The topological polar surface area (TPSA) is 132 Å². The molecule has 0 radical (unpaired) electrons. The van der Waals surface area contributed by atoms with Gasteiger partial charge in [0.25, 0.3) is 0 Å². The summed E-state index contributed by atoms with van der Waals surface area (Å²) in [5.41, 5.74) is 1.01. The molecule has 1 fully saturated rings. The molecule has 1 amide bonds. The highest BCUT2D eigenvalue weighted by molar-refractivity contribution is 5.90. The highest BCUT2D eigenvalue weighted by atomic mass is 19.4. The van der Waals surface area contributed by atoms with Crippen molar-refractivity contribution in [3.63, 3.8) is 0 Å². The molecule has 0 bridgehead atoms. The Labute approximate surface area is 274 Å². The average Bonchev–Trinajstić information content (AvgIpc) is 3.63. The molecule has 242 valence electrons. The Bertz CT molecular complexity index is 2070. The molecular weight excluding hydrogens is 619 g/mol. The van der Waals surface area contributed by atoms with Gasteiger partial charge in [0.2, 0.25) is 5.91 Å². The van der Waals surface area contributed by atoms with Crippen LogP contribution in [0.25, 0.3) is 16.6 Å². The number of aromatic nitrogens is 4. The molecule has 1 aliphatic heterocycles. The van der Waals surface area contributed by atoms with Gasteiger partial charge in [-0.2, -0.15) is 28.8 Å². The third-order valence-corrected chi connectivity index (χ3v) is 9.15. The summed E-state index contributed by atoms with van der Waals surface area (Å²) in [5.74, 6) is -0.593. The van der Waals surface area contributed by atoms with E-state index in [4.69, 9.17) is 0 Å². The number of carbonyl (C=O) groups is 1. The number of nitriles is 2. The summed E-state index contributed by atoms with van der Waals surface area (Å²) in [6.07, 6.45) is 0.861. The van der Waals surface area contributed by atoms with Crippen molar-refractivity contribution in [1.29, 1.82) is 10.5 Å². The first-order valence-corrected chi connectivity index (χ1v) is 15.3. The van der Waals surface area contributed by atoms with Gasteiger partial charge in [-0.15, -0.1) is 0 Å². The molecule has 4 heterocycles. The SMILES string of the molecule is CC(=O)N1CCC(C(O)(c2ccc(C(F)(F)F)nc2)c2cc(C)c3nc(C#N)c(Cc4ccc(-n5cccn5)cc4)c(C#N)c3c2)CC1. The third-order valence-electron chi connectivity index (χ3n) is 9.15. The number of nitrogens with zero attached hydrogens (tertiary/aromatic N) is 7. The molecule has 5 aromatic rings. The van der Waals surface area contributed by atoms with Crippen LogP contribution in [0.3, 0.4) is 0 Å². The first kappa shape index (κ1) is 32.4. The highest BCUT2D eigenvalue weighted by Gasteiger charge is 2.43. The second kappa shape index (κ2) is 12.5. The summed E-state index contributed by atoms with van der Waals surface area (Å²) in [5, 5.41) is 37.9. The largest absolute Gasteiger partial charge is 0.433 e. The fourth-order valence-electron chi connectivity index (χ4n) is 6.62. The van der Waals surface area contributed by atoms with Crippen molar-refractivity contribution in [3.8, 4) is 17.8 Å². The van der Waals surface area contributed by atoms with Crippen LogP contribution in [0, 0.1) is 35.5 Å². The summed E-state index contributed by atoms with van der Waals surface area (Å²) in [6.45, 7) is 3.94. The van der Waals surface area contributed by atoms with Gasteiger partial charge < -0.3 is 10.0 Å². The van der Waals surface area contributed by atoms with Crippen molar-refractivity contribution in [2.45, 2.75) is 44.9 Å². The van der Waals surface area contributed by atoms with Crippen molar-refractivity contribution >= 4 is 16.8 Å². The van der Waals surface area contributed by atoms with Crippen LogP contribution in [0.4, 0.5) is 13.2 Å². The van der Waals surface area contributed by atoms with Crippen LogP contribution in [0.2, 0.25) is 0 Å². The average molecular weight is 650 g/mol. The molecule has 1 saturated heterocycles. The lowest BCUT2D eigenvalue weighted by molar-refractivity contribution is -0.141. The van der Waals surface area contributed by atoms with Crippen LogP contribution < -0.4 is 0 Å². The maximum absolute atomic E-state index is 13.4. The molecule has 6 rings (SSSR count). The molecule has 0 saturated carbocycles. The Morgan fingerprint density at radius 1 is 1.04 bits per heavy atom. The lowest BCUT2D eigenvalue weighted by Crippen LogP contribution is -2.45. The van der Waals surface area contributed by atoms with Crippen LogP contribution in [-0.4, -0.2) is 48.8 Å². The van der Waals surface area contributed by atoms with Crippen molar-refractivity contribution in [2.24, 2.45) is 5.92 Å². The first-order valence-electron chi connectivity index (χ1n) is 15.3. The van der Waals surface area contributed by atoms with Gasteiger partial charge in [0.05, 0.1) is 16.8 Å². The Hall–Kier alpha value is -5.59. The van der Waals surface area contributed by atoms with E-state index in [1.165, 1.54) is 13.0 Å². The summed E-state index contributed by atoms with van der Waals surface area (Å²) in [4.78, 5) is 22.0. The van der Waals surface area contributed by atoms with Crippen LogP contribution in [-0.2, 0) is 23.0 Å². The Morgan fingerprint density at radius 3 is 2.33 bits per heavy atom. The van der Waals surface area contributed by atoms with Crippen molar-refractivity contribution in [2.75, 3.05) is 13.1 Å². The van der Waals surface area contributed by atoms with E-state index in [1.807, 2.05) is 36.5 Å². The third kappa shape index (κ3) is 5.87.